The molecule has 7 heteroatoms. The number of anilines is 1. The summed E-state index contributed by atoms with van der Waals surface area (Å²) in [7, 11) is -3.72. The van der Waals surface area contributed by atoms with Crippen LogP contribution in [0.25, 0.3) is 0 Å². The molecule has 1 atom stereocenters. The van der Waals surface area contributed by atoms with Gasteiger partial charge in [-0.15, -0.1) is 0 Å². The van der Waals surface area contributed by atoms with Gasteiger partial charge in [0, 0.05) is 11.7 Å². The average Bonchev–Trinajstić information content (AvgIpc) is 2.57. The zero-order valence-corrected chi connectivity index (χ0v) is 15.0. The van der Waals surface area contributed by atoms with E-state index in [4.69, 9.17) is 11.6 Å². The fourth-order valence-electron chi connectivity index (χ4n) is 1.98. The molecule has 0 aromatic heterocycles. The normalized spacial score (nSPS) is 12.5. The van der Waals surface area contributed by atoms with Crippen LogP contribution in [-0.4, -0.2) is 20.4 Å². The summed E-state index contributed by atoms with van der Waals surface area (Å²) in [5, 5.41) is 3.07. The Morgan fingerprint density at radius 1 is 1.17 bits per heavy atom. The van der Waals surface area contributed by atoms with Crippen LogP contribution < -0.4 is 10.0 Å². The van der Waals surface area contributed by atoms with E-state index in [0.717, 1.165) is 6.42 Å². The topological polar surface area (TPSA) is 75.3 Å². The van der Waals surface area contributed by atoms with Crippen LogP contribution in [-0.2, 0) is 10.0 Å². The van der Waals surface area contributed by atoms with E-state index in [1.807, 2.05) is 13.8 Å². The molecule has 0 aliphatic rings. The Hall–Kier alpha value is -2.05. The van der Waals surface area contributed by atoms with Gasteiger partial charge >= 0.3 is 0 Å². The van der Waals surface area contributed by atoms with Crippen molar-refractivity contribution in [3.05, 3.63) is 59.1 Å². The smallest absolute Gasteiger partial charge is 0.261 e. The molecule has 2 aromatic rings. The molecule has 0 fully saturated rings. The molecule has 2 rings (SSSR count). The van der Waals surface area contributed by atoms with Crippen molar-refractivity contribution in [2.45, 2.75) is 31.2 Å². The van der Waals surface area contributed by atoms with Gasteiger partial charge in [-0.05, 0) is 43.7 Å². The van der Waals surface area contributed by atoms with Crippen LogP contribution in [0.1, 0.15) is 30.6 Å². The Kier molecular flexibility index (Phi) is 5.85. The fraction of sp³-hybridized carbons (Fsp3) is 0.235. The molecular formula is C17H19ClN2O3S. The van der Waals surface area contributed by atoms with Crippen LogP contribution >= 0.6 is 11.6 Å². The summed E-state index contributed by atoms with van der Waals surface area (Å²) in [5.74, 6) is -0.338. The summed E-state index contributed by atoms with van der Waals surface area (Å²) in [6.45, 7) is 3.84. The Labute approximate surface area is 147 Å². The first-order chi connectivity index (χ1) is 11.3. The summed E-state index contributed by atoms with van der Waals surface area (Å²) in [6, 6.07) is 12.4. The largest absolute Gasteiger partial charge is 0.350 e. The quantitative estimate of drug-likeness (QED) is 0.819. The highest BCUT2D eigenvalue weighted by Gasteiger charge is 2.17. The first kappa shape index (κ1) is 18.3. The second-order valence-corrected chi connectivity index (χ2v) is 7.49. The lowest BCUT2D eigenvalue weighted by Crippen LogP contribution is -2.32. The van der Waals surface area contributed by atoms with Crippen molar-refractivity contribution in [3.8, 4) is 0 Å². The fourth-order valence-corrected chi connectivity index (χ4v) is 3.25. The second kappa shape index (κ2) is 7.68. The maximum absolute atomic E-state index is 12.3. The third-order valence-electron chi connectivity index (χ3n) is 3.51. The molecule has 0 saturated heterocycles. The highest BCUT2D eigenvalue weighted by atomic mass is 35.5. The van der Waals surface area contributed by atoms with Gasteiger partial charge in [-0.25, -0.2) is 8.42 Å². The maximum atomic E-state index is 12.3. The number of carbonyl (C=O) groups excluding carboxylic acids is 1. The zero-order chi connectivity index (χ0) is 17.7. The molecule has 0 heterocycles. The van der Waals surface area contributed by atoms with E-state index in [1.54, 1.807) is 18.2 Å². The molecule has 0 unspecified atom stereocenters. The number of hydrogen-bond acceptors (Lipinski definition) is 3. The molecule has 1 amide bonds. The van der Waals surface area contributed by atoms with Crippen LogP contribution in [0.15, 0.2) is 53.4 Å². The van der Waals surface area contributed by atoms with E-state index in [1.165, 1.54) is 30.3 Å². The van der Waals surface area contributed by atoms with E-state index in [2.05, 4.69) is 10.0 Å². The lowest BCUT2D eigenvalue weighted by atomic mass is 10.1. The van der Waals surface area contributed by atoms with E-state index in [0.29, 0.717) is 0 Å². The summed E-state index contributed by atoms with van der Waals surface area (Å²) in [5.41, 5.74) is 0.503. The predicted molar refractivity (Wildman–Crippen MR) is 95.9 cm³/mol. The van der Waals surface area contributed by atoms with E-state index < -0.39 is 10.0 Å². The van der Waals surface area contributed by atoms with Crippen molar-refractivity contribution < 1.29 is 13.2 Å². The maximum Gasteiger partial charge on any atom is 0.261 e. The van der Waals surface area contributed by atoms with Crippen molar-refractivity contribution in [2.75, 3.05) is 4.72 Å². The lowest BCUT2D eigenvalue weighted by molar-refractivity contribution is 0.0939. The van der Waals surface area contributed by atoms with Crippen LogP contribution in [0, 0.1) is 0 Å². The Morgan fingerprint density at radius 3 is 2.46 bits per heavy atom. The molecular weight excluding hydrogens is 348 g/mol. The van der Waals surface area contributed by atoms with E-state index in [-0.39, 0.29) is 33.1 Å². The number of hydrogen-bond donors (Lipinski definition) is 2. The van der Waals surface area contributed by atoms with Gasteiger partial charge in [0.05, 0.1) is 15.5 Å². The van der Waals surface area contributed by atoms with Crippen LogP contribution in [0.4, 0.5) is 5.69 Å². The van der Waals surface area contributed by atoms with Crippen LogP contribution in [0.5, 0.6) is 0 Å². The van der Waals surface area contributed by atoms with Gasteiger partial charge in [-0.2, -0.15) is 0 Å². The number of benzene rings is 2. The van der Waals surface area contributed by atoms with Crippen molar-refractivity contribution in [1.82, 2.24) is 5.32 Å². The molecule has 0 aliphatic carbocycles. The van der Waals surface area contributed by atoms with Gasteiger partial charge in [0.2, 0.25) is 0 Å². The Bertz CT molecular complexity index is 823. The molecule has 0 aliphatic heterocycles. The number of amides is 1. The predicted octanol–water partition coefficient (Wildman–Crippen LogP) is 3.67. The van der Waals surface area contributed by atoms with Gasteiger partial charge in [0.15, 0.2) is 0 Å². The van der Waals surface area contributed by atoms with Crippen LogP contribution in [0.3, 0.4) is 0 Å². The number of halogens is 1. The minimum Gasteiger partial charge on any atom is -0.350 e. The van der Waals surface area contributed by atoms with Gasteiger partial charge in [0.1, 0.15) is 0 Å². The Morgan fingerprint density at radius 2 is 1.83 bits per heavy atom. The number of rotatable bonds is 6. The summed E-state index contributed by atoms with van der Waals surface area (Å²) >= 11 is 6.07. The van der Waals surface area contributed by atoms with E-state index >= 15 is 0 Å². The summed E-state index contributed by atoms with van der Waals surface area (Å²) < 4.78 is 27.2. The molecule has 2 N–H and O–H groups in total. The molecule has 2 aromatic carbocycles. The first-order valence-corrected chi connectivity index (χ1v) is 9.38. The molecule has 0 bridgehead atoms. The zero-order valence-electron chi connectivity index (χ0n) is 13.4. The van der Waals surface area contributed by atoms with Gasteiger partial charge in [-0.1, -0.05) is 36.7 Å². The monoisotopic (exact) mass is 366 g/mol. The average molecular weight is 367 g/mol. The third kappa shape index (κ3) is 4.49. The summed E-state index contributed by atoms with van der Waals surface area (Å²) in [4.78, 5) is 12.4. The van der Waals surface area contributed by atoms with Gasteiger partial charge < -0.3 is 5.32 Å². The molecule has 0 saturated carbocycles. The minimum absolute atomic E-state index is 0.00164. The first-order valence-electron chi connectivity index (χ1n) is 7.51. The third-order valence-corrected chi connectivity index (χ3v) is 5.23. The Balaban J connectivity index is 2.27. The lowest BCUT2D eigenvalue weighted by Gasteiger charge is -2.14. The second-order valence-electron chi connectivity index (χ2n) is 5.40. The highest BCUT2D eigenvalue weighted by molar-refractivity contribution is 7.92. The minimum atomic E-state index is -3.72. The van der Waals surface area contributed by atoms with Crippen molar-refractivity contribution in [3.63, 3.8) is 0 Å². The highest BCUT2D eigenvalue weighted by Crippen LogP contribution is 2.23. The SMILES string of the molecule is CC[C@H](C)NC(=O)c1cc(NS(=O)(=O)c2ccccc2)ccc1Cl. The molecule has 0 radical (unpaired) electrons. The van der Waals surface area contributed by atoms with Crippen molar-refractivity contribution in [1.29, 1.82) is 0 Å². The standard InChI is InChI=1S/C17H19ClN2O3S/c1-3-12(2)19-17(21)15-11-13(9-10-16(15)18)20-24(22,23)14-7-5-4-6-8-14/h4-12,20H,3H2,1-2H3,(H,19,21)/t12-/m0/s1. The number of nitrogens with one attached hydrogen (secondary N) is 2. The molecule has 128 valence electrons. The van der Waals surface area contributed by atoms with E-state index in [9.17, 15) is 13.2 Å². The van der Waals surface area contributed by atoms with Crippen molar-refractivity contribution >= 4 is 33.2 Å². The van der Waals surface area contributed by atoms with Crippen molar-refractivity contribution in [2.24, 2.45) is 0 Å². The van der Waals surface area contributed by atoms with Gasteiger partial charge in [0.25, 0.3) is 15.9 Å². The molecule has 24 heavy (non-hydrogen) atoms. The summed E-state index contributed by atoms with van der Waals surface area (Å²) in [6.07, 6.45) is 0.781. The number of carbonyl (C=O) groups is 1. The van der Waals surface area contributed by atoms with Crippen LogP contribution in [0.2, 0.25) is 5.02 Å². The molecule has 5 nitrogen and oxygen atoms in total. The van der Waals surface area contributed by atoms with Gasteiger partial charge in [-0.3, -0.25) is 9.52 Å². The molecule has 0 spiro atoms. The number of sulfonamides is 1.